The molecule has 0 aliphatic rings. The molecule has 0 saturated heterocycles. The Bertz CT molecular complexity index is 110. The van der Waals surface area contributed by atoms with E-state index in [1.165, 1.54) is 20.8 Å². The van der Waals surface area contributed by atoms with Crippen LogP contribution >= 0.6 is 0 Å². The first-order valence-electron chi connectivity index (χ1n) is 6.13. The average molecular weight is 356 g/mol. The fraction of sp³-hybridized carbons (Fsp3) is 1.00. The van der Waals surface area contributed by atoms with E-state index in [2.05, 4.69) is 14.2 Å². The Morgan fingerprint density at radius 3 is 0.789 bits per heavy atom. The zero-order valence-electron chi connectivity index (χ0n) is 12.9. The van der Waals surface area contributed by atoms with Gasteiger partial charge in [0.1, 0.15) is 0 Å². The molecule has 0 heterocycles. The second-order valence-electron chi connectivity index (χ2n) is 3.07. The summed E-state index contributed by atoms with van der Waals surface area (Å²) < 4.78 is 13.5. The number of rotatable bonds is 6. The second-order valence-corrected chi connectivity index (χ2v) is 3.07. The molecule has 0 amide bonds. The summed E-state index contributed by atoms with van der Waals surface area (Å²) in [7, 11) is 0. The third kappa shape index (κ3) is 55.1. The van der Waals surface area contributed by atoms with Gasteiger partial charge in [0.2, 0.25) is 0 Å². The maximum atomic E-state index is 9.90. The minimum atomic E-state index is -0.852. The summed E-state index contributed by atoms with van der Waals surface area (Å²) in [6.07, 6.45) is -2.56. The maximum Gasteiger partial charge on any atom is 3.00 e. The van der Waals surface area contributed by atoms with Gasteiger partial charge in [-0.3, -0.25) is 0 Å². The van der Waals surface area contributed by atoms with E-state index in [4.69, 9.17) is 0 Å². The van der Waals surface area contributed by atoms with Gasteiger partial charge < -0.3 is 29.5 Å². The van der Waals surface area contributed by atoms with Gasteiger partial charge in [-0.25, -0.2) is 0 Å². The van der Waals surface area contributed by atoms with E-state index >= 15 is 0 Å². The largest absolute Gasteiger partial charge is 3.00 e. The van der Waals surface area contributed by atoms with Crippen LogP contribution < -0.4 is 15.3 Å². The fourth-order valence-electron chi connectivity index (χ4n) is 0.704. The third-order valence-electron chi connectivity index (χ3n) is 1.20. The van der Waals surface area contributed by atoms with Gasteiger partial charge in [0.15, 0.2) is 0 Å². The second kappa shape index (κ2) is 23.9. The SMILES string of the molecule is CCOC(C)[O-].CCOC(C)[O-].CCOC(C)[O-].[Y+3]. The smallest absolute Gasteiger partial charge is 0.831 e. The summed E-state index contributed by atoms with van der Waals surface area (Å²) in [5.74, 6) is 0. The van der Waals surface area contributed by atoms with Gasteiger partial charge in [0.25, 0.3) is 0 Å². The fourth-order valence-corrected chi connectivity index (χ4v) is 0.704. The predicted molar refractivity (Wildman–Crippen MR) is 63.3 cm³/mol. The van der Waals surface area contributed by atoms with E-state index in [9.17, 15) is 15.3 Å². The van der Waals surface area contributed by atoms with Crippen molar-refractivity contribution in [1.29, 1.82) is 0 Å². The molecular formula is C12H27O6Y. The van der Waals surface area contributed by atoms with Gasteiger partial charge >= 0.3 is 32.7 Å². The molecule has 6 nitrogen and oxygen atoms in total. The molecule has 0 aromatic rings. The molecule has 0 aliphatic carbocycles. The summed E-state index contributed by atoms with van der Waals surface area (Å²) >= 11 is 0. The molecule has 0 aliphatic heterocycles. The van der Waals surface area contributed by atoms with Crippen LogP contribution in [-0.4, -0.2) is 38.7 Å². The van der Waals surface area contributed by atoms with Gasteiger partial charge in [-0.15, -0.1) is 0 Å². The summed E-state index contributed by atoms with van der Waals surface area (Å²) in [5, 5.41) is 29.7. The quantitative estimate of drug-likeness (QED) is 0.577. The standard InChI is InChI=1S/3C4H9O2.Y/c3*1-3-6-4(2)5;/h3*4H,3H2,1-2H3;/q3*-1;+3. The molecule has 19 heavy (non-hydrogen) atoms. The Kier molecular flexibility index (Phi) is 35.4. The molecule has 0 saturated carbocycles. The van der Waals surface area contributed by atoms with Crippen molar-refractivity contribution in [2.75, 3.05) is 19.8 Å². The van der Waals surface area contributed by atoms with E-state index in [1.807, 2.05) is 0 Å². The summed E-state index contributed by atoms with van der Waals surface area (Å²) in [4.78, 5) is 0. The van der Waals surface area contributed by atoms with Crippen LogP contribution in [0.25, 0.3) is 0 Å². The minimum Gasteiger partial charge on any atom is -0.831 e. The van der Waals surface area contributed by atoms with Crippen molar-refractivity contribution in [2.45, 2.75) is 60.4 Å². The molecule has 7 heteroatoms. The van der Waals surface area contributed by atoms with Crippen LogP contribution in [0.2, 0.25) is 0 Å². The first kappa shape index (κ1) is 28.1. The van der Waals surface area contributed by atoms with Crippen LogP contribution in [-0.2, 0) is 46.9 Å². The zero-order valence-corrected chi connectivity index (χ0v) is 15.7. The van der Waals surface area contributed by atoms with E-state index in [-0.39, 0.29) is 32.7 Å². The normalized spacial score (nSPS) is 13.7. The van der Waals surface area contributed by atoms with Crippen molar-refractivity contribution >= 4 is 0 Å². The zero-order chi connectivity index (χ0) is 15.0. The Labute approximate surface area is 142 Å². The van der Waals surface area contributed by atoms with Crippen LogP contribution in [0.15, 0.2) is 0 Å². The van der Waals surface area contributed by atoms with Gasteiger partial charge in [0, 0.05) is 19.8 Å². The van der Waals surface area contributed by atoms with E-state index < -0.39 is 18.9 Å². The van der Waals surface area contributed by atoms with Crippen molar-refractivity contribution in [1.82, 2.24) is 0 Å². The minimum absolute atomic E-state index is 0. The van der Waals surface area contributed by atoms with Crippen molar-refractivity contribution in [2.24, 2.45) is 0 Å². The monoisotopic (exact) mass is 356 g/mol. The molecule has 114 valence electrons. The van der Waals surface area contributed by atoms with E-state index in [0.29, 0.717) is 19.8 Å². The molecule has 3 unspecified atom stereocenters. The van der Waals surface area contributed by atoms with Crippen LogP contribution in [0.5, 0.6) is 0 Å². The van der Waals surface area contributed by atoms with Crippen molar-refractivity contribution in [3.05, 3.63) is 0 Å². The summed E-state index contributed by atoms with van der Waals surface area (Å²) in [6, 6.07) is 0. The molecule has 0 bridgehead atoms. The maximum absolute atomic E-state index is 9.90. The van der Waals surface area contributed by atoms with Crippen molar-refractivity contribution < 1.29 is 62.2 Å². The first-order valence-corrected chi connectivity index (χ1v) is 6.13. The average Bonchev–Trinajstić information content (AvgIpc) is 2.18. The Morgan fingerprint density at radius 1 is 0.632 bits per heavy atom. The predicted octanol–water partition coefficient (Wildman–Crippen LogP) is -0.815. The molecular weight excluding hydrogens is 329 g/mol. The molecule has 0 aromatic heterocycles. The Hall–Kier alpha value is 0.864. The summed E-state index contributed by atoms with van der Waals surface area (Å²) in [6.45, 7) is 11.4. The van der Waals surface area contributed by atoms with Crippen LogP contribution in [0.4, 0.5) is 0 Å². The molecule has 0 rings (SSSR count). The molecule has 0 N–H and O–H groups in total. The molecule has 3 atom stereocenters. The van der Waals surface area contributed by atoms with Crippen molar-refractivity contribution in [3.8, 4) is 0 Å². The van der Waals surface area contributed by atoms with Crippen LogP contribution in [0.3, 0.4) is 0 Å². The van der Waals surface area contributed by atoms with Gasteiger partial charge in [-0.2, -0.15) is 0 Å². The Balaban J connectivity index is -0.0000000865. The topological polar surface area (TPSA) is 96.9 Å². The first-order chi connectivity index (χ1) is 8.31. The number of hydrogen-bond acceptors (Lipinski definition) is 6. The Morgan fingerprint density at radius 2 is 0.789 bits per heavy atom. The molecule has 0 fully saturated rings. The van der Waals surface area contributed by atoms with Crippen LogP contribution in [0.1, 0.15) is 41.5 Å². The van der Waals surface area contributed by atoms with E-state index in [1.54, 1.807) is 20.8 Å². The number of hydrogen-bond donors (Lipinski definition) is 0. The van der Waals surface area contributed by atoms with Gasteiger partial charge in [-0.05, 0) is 39.6 Å². The van der Waals surface area contributed by atoms with Crippen molar-refractivity contribution in [3.63, 3.8) is 0 Å². The van der Waals surface area contributed by atoms with Crippen LogP contribution in [0, 0.1) is 0 Å². The third-order valence-corrected chi connectivity index (χ3v) is 1.20. The molecule has 0 aromatic carbocycles. The summed E-state index contributed by atoms with van der Waals surface area (Å²) in [5.41, 5.74) is 0. The number of ether oxygens (including phenoxy) is 3. The van der Waals surface area contributed by atoms with Gasteiger partial charge in [0.05, 0.1) is 0 Å². The van der Waals surface area contributed by atoms with E-state index in [0.717, 1.165) is 0 Å². The van der Waals surface area contributed by atoms with Gasteiger partial charge in [-0.1, -0.05) is 20.8 Å². The molecule has 0 spiro atoms. The molecule has 0 radical (unpaired) electrons.